The number of hydrogen-bond acceptors (Lipinski definition) is 3. The molecule has 1 saturated carbocycles. The molecule has 2 N–H and O–H groups in total. The molecule has 1 heterocycles. The van der Waals surface area contributed by atoms with Crippen LogP contribution in [-0.2, 0) is 10.3 Å². The molecule has 0 radical (unpaired) electrons. The van der Waals surface area contributed by atoms with Gasteiger partial charge in [-0.25, -0.2) is 4.39 Å². The van der Waals surface area contributed by atoms with Gasteiger partial charge in [-0.2, -0.15) is 0 Å². The van der Waals surface area contributed by atoms with Gasteiger partial charge in [0.1, 0.15) is 5.82 Å². The van der Waals surface area contributed by atoms with Crippen LogP contribution in [0.4, 0.5) is 10.1 Å². The maximum absolute atomic E-state index is 13.5. The summed E-state index contributed by atoms with van der Waals surface area (Å²) in [6.07, 6.45) is 6.97. The number of rotatable bonds is 7. The van der Waals surface area contributed by atoms with E-state index in [9.17, 15) is 9.18 Å². The van der Waals surface area contributed by atoms with Crippen LogP contribution in [-0.4, -0.2) is 36.5 Å². The third-order valence-corrected chi connectivity index (χ3v) is 9.09. The highest BCUT2D eigenvalue weighted by molar-refractivity contribution is 6.43. The zero-order valence-electron chi connectivity index (χ0n) is 21.1. The molecule has 5 rings (SSSR count). The Hall–Kier alpha value is -2.15. The number of anilines is 1. The second-order valence-corrected chi connectivity index (χ2v) is 11.5. The average Bonchev–Trinajstić information content (AvgIpc) is 3.47. The van der Waals surface area contributed by atoms with E-state index in [4.69, 9.17) is 34.8 Å². The summed E-state index contributed by atoms with van der Waals surface area (Å²) in [7, 11) is 0. The van der Waals surface area contributed by atoms with Gasteiger partial charge in [0.25, 0.3) is 0 Å². The SMILES string of the molecule is O=C(CNC1(c2ccc(-c3cccc(Cl)c3Cl)cc2)CCN(C2CCCC2)CC1)Nc1ccc(F)c(Cl)c1. The molecule has 3 aromatic carbocycles. The molecule has 8 heteroatoms. The Kier molecular flexibility index (Phi) is 8.61. The summed E-state index contributed by atoms with van der Waals surface area (Å²) in [5.74, 6) is -0.717. The summed E-state index contributed by atoms with van der Waals surface area (Å²) in [5, 5.41) is 7.46. The largest absolute Gasteiger partial charge is 0.325 e. The number of benzene rings is 3. The molecule has 0 bridgehead atoms. The van der Waals surface area contributed by atoms with Crippen molar-refractivity contribution in [2.24, 2.45) is 0 Å². The summed E-state index contributed by atoms with van der Waals surface area (Å²) in [6.45, 7) is 2.09. The van der Waals surface area contributed by atoms with Crippen molar-refractivity contribution in [3.05, 3.63) is 87.1 Å². The first kappa shape index (κ1) is 27.4. The van der Waals surface area contributed by atoms with Crippen LogP contribution in [0.25, 0.3) is 11.1 Å². The lowest BCUT2D eigenvalue weighted by molar-refractivity contribution is -0.116. The molecule has 0 unspecified atom stereocenters. The zero-order valence-corrected chi connectivity index (χ0v) is 23.3. The number of amides is 1. The molecule has 2 aliphatic rings. The van der Waals surface area contributed by atoms with Gasteiger partial charge in [0.15, 0.2) is 0 Å². The first-order chi connectivity index (χ1) is 18.3. The second kappa shape index (κ2) is 11.9. The maximum Gasteiger partial charge on any atom is 0.238 e. The van der Waals surface area contributed by atoms with Gasteiger partial charge >= 0.3 is 0 Å². The number of halogens is 4. The van der Waals surface area contributed by atoms with Crippen LogP contribution in [0, 0.1) is 5.82 Å². The molecule has 4 nitrogen and oxygen atoms in total. The molecule has 1 saturated heterocycles. The summed E-state index contributed by atoms with van der Waals surface area (Å²) in [4.78, 5) is 15.5. The van der Waals surface area contributed by atoms with Crippen molar-refractivity contribution in [2.75, 3.05) is 25.0 Å². The van der Waals surface area contributed by atoms with Gasteiger partial charge in [-0.1, -0.05) is 84.0 Å². The summed E-state index contributed by atoms with van der Waals surface area (Å²) < 4.78 is 13.5. The van der Waals surface area contributed by atoms with Crippen LogP contribution < -0.4 is 10.6 Å². The van der Waals surface area contributed by atoms with Crippen molar-refractivity contribution in [3.8, 4) is 11.1 Å². The molecule has 1 aliphatic heterocycles. The second-order valence-electron chi connectivity index (χ2n) is 10.3. The van der Waals surface area contributed by atoms with Crippen molar-refractivity contribution in [1.82, 2.24) is 10.2 Å². The third kappa shape index (κ3) is 6.03. The lowest BCUT2D eigenvalue weighted by atomic mass is 9.79. The Morgan fingerprint density at radius 1 is 0.947 bits per heavy atom. The van der Waals surface area contributed by atoms with Gasteiger partial charge in [0, 0.05) is 35.9 Å². The maximum atomic E-state index is 13.5. The van der Waals surface area contributed by atoms with Gasteiger partial charge in [-0.15, -0.1) is 0 Å². The van der Waals surface area contributed by atoms with Crippen LogP contribution in [0.1, 0.15) is 44.1 Å². The highest BCUT2D eigenvalue weighted by Crippen LogP contribution is 2.38. The van der Waals surface area contributed by atoms with Crippen LogP contribution in [0.2, 0.25) is 15.1 Å². The molecular formula is C30H31Cl3FN3O. The van der Waals surface area contributed by atoms with E-state index < -0.39 is 5.82 Å². The van der Waals surface area contributed by atoms with E-state index in [1.165, 1.54) is 43.9 Å². The minimum Gasteiger partial charge on any atom is -0.325 e. The third-order valence-electron chi connectivity index (χ3n) is 7.98. The van der Waals surface area contributed by atoms with E-state index in [0.29, 0.717) is 21.8 Å². The summed E-state index contributed by atoms with van der Waals surface area (Å²) >= 11 is 18.6. The number of carbonyl (C=O) groups is 1. The topological polar surface area (TPSA) is 44.4 Å². The fraction of sp³-hybridized carbons (Fsp3) is 0.367. The zero-order chi connectivity index (χ0) is 26.7. The molecule has 1 aliphatic carbocycles. The van der Waals surface area contributed by atoms with Crippen LogP contribution in [0.15, 0.2) is 60.7 Å². The molecule has 1 amide bonds. The van der Waals surface area contributed by atoms with Crippen LogP contribution in [0.3, 0.4) is 0 Å². The Balaban J connectivity index is 1.34. The first-order valence-corrected chi connectivity index (χ1v) is 14.3. The fourth-order valence-corrected chi connectivity index (χ4v) is 6.42. The lowest BCUT2D eigenvalue weighted by Crippen LogP contribution is -2.54. The molecule has 200 valence electrons. The van der Waals surface area contributed by atoms with Crippen molar-refractivity contribution < 1.29 is 9.18 Å². The highest BCUT2D eigenvalue weighted by Gasteiger charge is 2.38. The quantitative estimate of drug-likeness (QED) is 0.301. The van der Waals surface area contributed by atoms with E-state index in [1.807, 2.05) is 12.1 Å². The first-order valence-electron chi connectivity index (χ1n) is 13.1. The molecule has 0 atom stereocenters. The number of carbonyl (C=O) groups excluding carboxylic acids is 1. The Bertz CT molecular complexity index is 1290. The molecule has 3 aromatic rings. The Morgan fingerprint density at radius 3 is 2.34 bits per heavy atom. The fourth-order valence-electron chi connectivity index (χ4n) is 5.83. The number of likely N-dealkylation sites (tertiary alicyclic amines) is 1. The average molecular weight is 575 g/mol. The molecule has 38 heavy (non-hydrogen) atoms. The minimum atomic E-state index is -0.515. The lowest BCUT2D eigenvalue weighted by Gasteiger charge is -2.45. The van der Waals surface area contributed by atoms with Crippen molar-refractivity contribution in [2.45, 2.75) is 50.1 Å². The summed E-state index contributed by atoms with van der Waals surface area (Å²) in [6, 6.07) is 18.9. The van der Waals surface area contributed by atoms with Crippen LogP contribution >= 0.6 is 34.8 Å². The Morgan fingerprint density at radius 2 is 1.66 bits per heavy atom. The smallest absolute Gasteiger partial charge is 0.238 e. The van der Waals surface area contributed by atoms with Gasteiger partial charge in [-0.3, -0.25) is 10.1 Å². The predicted molar refractivity (Wildman–Crippen MR) is 155 cm³/mol. The van der Waals surface area contributed by atoms with Gasteiger partial charge in [0.05, 0.1) is 21.6 Å². The molecular weight excluding hydrogens is 544 g/mol. The van der Waals surface area contributed by atoms with E-state index in [2.05, 4.69) is 39.8 Å². The van der Waals surface area contributed by atoms with E-state index in [1.54, 1.807) is 6.07 Å². The monoisotopic (exact) mass is 573 g/mol. The van der Waals surface area contributed by atoms with E-state index in [0.717, 1.165) is 42.6 Å². The number of piperidine rings is 1. The predicted octanol–water partition coefficient (Wildman–Crippen LogP) is 7.91. The van der Waals surface area contributed by atoms with E-state index in [-0.39, 0.29) is 23.0 Å². The van der Waals surface area contributed by atoms with Gasteiger partial charge in [-0.05, 0) is 61.1 Å². The Labute approximate surface area is 238 Å². The minimum absolute atomic E-state index is 0.0218. The van der Waals surface area contributed by atoms with Gasteiger partial charge < -0.3 is 10.2 Å². The van der Waals surface area contributed by atoms with Crippen LogP contribution in [0.5, 0.6) is 0 Å². The van der Waals surface area contributed by atoms with Gasteiger partial charge in [0.2, 0.25) is 5.91 Å². The molecule has 0 spiro atoms. The van der Waals surface area contributed by atoms with Crippen molar-refractivity contribution in [1.29, 1.82) is 0 Å². The van der Waals surface area contributed by atoms with Crippen molar-refractivity contribution >= 4 is 46.4 Å². The van der Waals surface area contributed by atoms with E-state index >= 15 is 0 Å². The molecule has 0 aromatic heterocycles. The standard InChI is InChI=1S/C30H31Cl3FN3O/c31-25-7-3-6-24(29(25)33)20-8-10-21(11-9-20)30(14-16-37(17-15-30)23-4-1-2-5-23)35-19-28(38)36-22-12-13-27(34)26(32)18-22/h3,6-13,18,23,35H,1-2,4-5,14-17,19H2,(H,36,38). The highest BCUT2D eigenvalue weighted by atomic mass is 35.5. The van der Waals surface area contributed by atoms with Crippen molar-refractivity contribution in [3.63, 3.8) is 0 Å². The normalized spacial score (nSPS) is 18.0. The number of hydrogen-bond donors (Lipinski definition) is 2. The number of nitrogens with zero attached hydrogens (tertiary/aromatic N) is 1. The number of nitrogens with one attached hydrogen (secondary N) is 2. The molecule has 2 fully saturated rings. The summed E-state index contributed by atoms with van der Waals surface area (Å²) in [5.41, 5.74) is 3.15.